The second-order valence-corrected chi connectivity index (χ2v) is 10.1. The maximum absolute atomic E-state index is 15.0. The maximum Gasteiger partial charge on any atom is 0.335 e. The Kier molecular flexibility index (Phi) is 7.43. The quantitative estimate of drug-likeness (QED) is 0.229. The highest BCUT2D eigenvalue weighted by molar-refractivity contribution is 6.30. The zero-order valence-electron chi connectivity index (χ0n) is 22.1. The van der Waals surface area contributed by atoms with E-state index in [0.717, 1.165) is 22.8 Å². The molecule has 3 aromatic heterocycles. The van der Waals surface area contributed by atoms with Crippen LogP contribution in [0.1, 0.15) is 29.2 Å². The molecule has 3 heterocycles. The number of nitrogens with one attached hydrogen (secondary N) is 2. The SMILES string of the molecule is O=C(Nc1ccc(Oc2ccnc(Nc3ccc(Cl)cn3)c2)c(F)c1)c1cn(C2CC2)c(=O)n(-c2ccc(F)cc2)c1=O. The van der Waals surface area contributed by atoms with Gasteiger partial charge in [0.05, 0.1) is 10.7 Å². The molecule has 0 radical (unpaired) electrons. The van der Waals surface area contributed by atoms with E-state index in [1.54, 1.807) is 18.2 Å². The van der Waals surface area contributed by atoms with Crippen LogP contribution in [0.15, 0.2) is 94.9 Å². The number of nitrogens with zero attached hydrogens (tertiary/aromatic N) is 4. The summed E-state index contributed by atoms with van der Waals surface area (Å²) in [4.78, 5) is 47.9. The molecular formula is C30H21ClF2N6O4. The molecule has 0 atom stereocenters. The number of benzene rings is 2. The molecule has 0 spiro atoms. The number of aromatic nitrogens is 4. The van der Waals surface area contributed by atoms with E-state index in [9.17, 15) is 18.8 Å². The van der Waals surface area contributed by atoms with Crippen LogP contribution in [0.3, 0.4) is 0 Å². The highest BCUT2D eigenvalue weighted by atomic mass is 35.5. The van der Waals surface area contributed by atoms with Crippen LogP contribution in [0.2, 0.25) is 5.02 Å². The second-order valence-electron chi connectivity index (χ2n) is 9.65. The van der Waals surface area contributed by atoms with Crippen molar-refractivity contribution in [2.45, 2.75) is 18.9 Å². The molecule has 1 aliphatic rings. The van der Waals surface area contributed by atoms with Gasteiger partial charge in [0.15, 0.2) is 11.6 Å². The average molecular weight is 603 g/mol. The lowest BCUT2D eigenvalue weighted by atomic mass is 10.2. The predicted molar refractivity (Wildman–Crippen MR) is 156 cm³/mol. The molecule has 216 valence electrons. The van der Waals surface area contributed by atoms with Gasteiger partial charge >= 0.3 is 5.69 Å². The van der Waals surface area contributed by atoms with Crippen LogP contribution in [0.25, 0.3) is 5.69 Å². The lowest BCUT2D eigenvalue weighted by Crippen LogP contribution is -2.42. The van der Waals surface area contributed by atoms with Crippen molar-refractivity contribution in [3.8, 4) is 17.2 Å². The summed E-state index contributed by atoms with van der Waals surface area (Å²) in [7, 11) is 0. The molecule has 1 aliphatic carbocycles. The zero-order chi connectivity index (χ0) is 30.1. The molecule has 10 nitrogen and oxygen atoms in total. The van der Waals surface area contributed by atoms with E-state index in [-0.39, 0.29) is 34.5 Å². The standard InChI is InChI=1S/C30H21ClF2N6O4/c31-17-1-10-26(35-15-17)37-27-14-22(11-12-34-27)43-25-9-4-19(13-24(25)33)36-28(40)23-16-38(20-7-8-20)30(42)39(29(23)41)21-5-2-18(32)3-6-21/h1-6,9-16,20H,7-8H2,(H,36,40)(H,34,35,37). The van der Waals surface area contributed by atoms with E-state index in [0.29, 0.717) is 29.5 Å². The van der Waals surface area contributed by atoms with E-state index in [1.165, 1.54) is 53.5 Å². The van der Waals surface area contributed by atoms with Gasteiger partial charge in [0, 0.05) is 42.5 Å². The van der Waals surface area contributed by atoms with Gasteiger partial charge in [-0.15, -0.1) is 0 Å². The summed E-state index contributed by atoms with van der Waals surface area (Å²) in [6.07, 6.45) is 5.58. The number of hydrogen-bond donors (Lipinski definition) is 2. The molecular weight excluding hydrogens is 582 g/mol. The third-order valence-electron chi connectivity index (χ3n) is 6.52. The summed E-state index contributed by atoms with van der Waals surface area (Å²) in [5, 5.41) is 5.98. The number of ether oxygens (including phenoxy) is 1. The zero-order valence-corrected chi connectivity index (χ0v) is 22.9. The summed E-state index contributed by atoms with van der Waals surface area (Å²) in [6, 6.07) is 14.8. The van der Waals surface area contributed by atoms with Gasteiger partial charge in [-0.3, -0.25) is 14.2 Å². The number of rotatable bonds is 8. The van der Waals surface area contributed by atoms with Crippen LogP contribution in [0.5, 0.6) is 11.5 Å². The first-order valence-corrected chi connectivity index (χ1v) is 13.4. The molecule has 1 fully saturated rings. The molecule has 43 heavy (non-hydrogen) atoms. The van der Waals surface area contributed by atoms with Crippen molar-refractivity contribution >= 4 is 34.8 Å². The third-order valence-corrected chi connectivity index (χ3v) is 6.74. The van der Waals surface area contributed by atoms with Gasteiger partial charge < -0.3 is 15.4 Å². The van der Waals surface area contributed by atoms with Crippen molar-refractivity contribution in [2.24, 2.45) is 0 Å². The Balaban J connectivity index is 1.22. The number of hydrogen-bond acceptors (Lipinski definition) is 7. The van der Waals surface area contributed by atoms with Gasteiger partial charge in [-0.1, -0.05) is 11.6 Å². The number of anilines is 3. The normalized spacial score (nSPS) is 12.5. The van der Waals surface area contributed by atoms with Crippen LogP contribution in [-0.2, 0) is 0 Å². The summed E-state index contributed by atoms with van der Waals surface area (Å²) in [6.45, 7) is 0. The van der Waals surface area contributed by atoms with Crippen LogP contribution in [0, 0.1) is 11.6 Å². The first-order chi connectivity index (χ1) is 20.7. The highest BCUT2D eigenvalue weighted by Crippen LogP contribution is 2.33. The first-order valence-electron chi connectivity index (χ1n) is 13.0. The minimum atomic E-state index is -0.887. The lowest BCUT2D eigenvalue weighted by molar-refractivity contribution is 0.102. The van der Waals surface area contributed by atoms with E-state index in [4.69, 9.17) is 16.3 Å². The third kappa shape index (κ3) is 6.14. The molecule has 13 heteroatoms. The Hall–Kier alpha value is -5.36. The average Bonchev–Trinajstić information content (AvgIpc) is 3.83. The minimum Gasteiger partial charge on any atom is -0.454 e. The summed E-state index contributed by atoms with van der Waals surface area (Å²) < 4.78 is 36.3. The van der Waals surface area contributed by atoms with Gasteiger partial charge in [-0.25, -0.2) is 28.1 Å². The molecule has 5 aromatic rings. The van der Waals surface area contributed by atoms with Crippen LogP contribution < -0.4 is 26.6 Å². The largest absolute Gasteiger partial charge is 0.454 e. The van der Waals surface area contributed by atoms with Gasteiger partial charge in [-0.2, -0.15) is 0 Å². The fourth-order valence-corrected chi connectivity index (χ4v) is 4.38. The molecule has 2 N–H and O–H groups in total. The number of halogens is 3. The van der Waals surface area contributed by atoms with Crippen molar-refractivity contribution < 1.29 is 18.3 Å². The number of carbonyl (C=O) groups is 1. The predicted octanol–water partition coefficient (Wildman–Crippen LogP) is 5.84. The second kappa shape index (κ2) is 11.5. The van der Waals surface area contributed by atoms with Crippen LogP contribution in [-0.4, -0.2) is 25.0 Å². The molecule has 0 saturated heterocycles. The van der Waals surface area contributed by atoms with Gasteiger partial charge in [0.25, 0.3) is 11.5 Å². The van der Waals surface area contributed by atoms with Crippen molar-refractivity contribution in [1.82, 2.24) is 19.1 Å². The monoisotopic (exact) mass is 602 g/mol. The van der Waals surface area contributed by atoms with E-state index < -0.39 is 28.8 Å². The van der Waals surface area contributed by atoms with Gasteiger partial charge in [0.2, 0.25) is 0 Å². The van der Waals surface area contributed by atoms with Gasteiger partial charge in [0.1, 0.15) is 28.8 Å². The van der Waals surface area contributed by atoms with E-state index >= 15 is 4.39 Å². The smallest absolute Gasteiger partial charge is 0.335 e. The molecule has 2 aromatic carbocycles. The fraction of sp³-hybridized carbons (Fsp3) is 0.100. The van der Waals surface area contributed by atoms with Crippen molar-refractivity contribution in [3.05, 3.63) is 128 Å². The Morgan fingerprint density at radius 2 is 1.74 bits per heavy atom. The Bertz CT molecular complexity index is 1960. The molecule has 0 unspecified atom stereocenters. The van der Waals surface area contributed by atoms with Crippen molar-refractivity contribution in [2.75, 3.05) is 10.6 Å². The number of amides is 1. The van der Waals surface area contributed by atoms with Crippen LogP contribution >= 0.6 is 11.6 Å². The Labute approximate surface area is 247 Å². The lowest BCUT2D eigenvalue weighted by Gasteiger charge is -2.13. The number of carbonyl (C=O) groups excluding carboxylic acids is 1. The van der Waals surface area contributed by atoms with E-state index in [1.807, 2.05) is 0 Å². The van der Waals surface area contributed by atoms with Gasteiger partial charge in [-0.05, 0) is 67.4 Å². The number of pyridine rings is 2. The molecule has 1 saturated carbocycles. The first kappa shape index (κ1) is 27.8. The molecule has 6 rings (SSSR count). The topological polar surface area (TPSA) is 120 Å². The maximum atomic E-state index is 15.0. The summed E-state index contributed by atoms with van der Waals surface area (Å²) >= 11 is 5.86. The Morgan fingerprint density at radius 1 is 0.953 bits per heavy atom. The molecule has 0 aliphatic heterocycles. The molecule has 0 bridgehead atoms. The Morgan fingerprint density at radius 3 is 2.44 bits per heavy atom. The van der Waals surface area contributed by atoms with Crippen LogP contribution in [0.4, 0.5) is 26.1 Å². The highest BCUT2D eigenvalue weighted by Gasteiger charge is 2.28. The summed E-state index contributed by atoms with van der Waals surface area (Å²) in [5.41, 5.74) is -1.68. The van der Waals surface area contributed by atoms with Crippen molar-refractivity contribution in [1.29, 1.82) is 0 Å². The summed E-state index contributed by atoms with van der Waals surface area (Å²) in [5.74, 6) is -1.11. The van der Waals surface area contributed by atoms with E-state index in [2.05, 4.69) is 20.6 Å². The minimum absolute atomic E-state index is 0.0534. The molecule has 1 amide bonds. The van der Waals surface area contributed by atoms with Crippen molar-refractivity contribution in [3.63, 3.8) is 0 Å². The fourth-order valence-electron chi connectivity index (χ4n) is 4.27.